The summed E-state index contributed by atoms with van der Waals surface area (Å²) in [4.78, 5) is 15.7. The summed E-state index contributed by atoms with van der Waals surface area (Å²) in [5.74, 6) is 0.786. The molecule has 1 N–H and O–H groups in total. The minimum Gasteiger partial charge on any atom is -0.310 e. The van der Waals surface area contributed by atoms with Crippen LogP contribution in [0.15, 0.2) is 18.3 Å². The molecule has 0 bridgehead atoms. The predicted molar refractivity (Wildman–Crippen MR) is 72.2 cm³/mol. The number of carbonyl (C=O) groups is 1. The number of anilines is 1. The molecule has 2 heterocycles. The lowest BCUT2D eigenvalue weighted by Crippen LogP contribution is -2.14. The van der Waals surface area contributed by atoms with E-state index in [4.69, 9.17) is 0 Å². The Morgan fingerprint density at radius 1 is 1.39 bits per heavy atom. The molecule has 0 atom stereocenters. The van der Waals surface area contributed by atoms with Crippen molar-refractivity contribution in [2.75, 3.05) is 5.32 Å². The molecule has 0 saturated heterocycles. The van der Waals surface area contributed by atoms with Crippen molar-refractivity contribution in [3.8, 4) is 0 Å². The highest BCUT2D eigenvalue weighted by molar-refractivity contribution is 5.98. The molecule has 1 aliphatic heterocycles. The lowest BCUT2D eigenvalue weighted by Gasteiger charge is -2.28. The molecule has 1 aromatic heterocycles. The van der Waals surface area contributed by atoms with E-state index in [1.807, 2.05) is 6.20 Å². The molecule has 0 fully saturated rings. The number of carbonyl (C=O) groups excluding carboxylic acids is 1. The zero-order valence-electron chi connectivity index (χ0n) is 10.9. The maximum Gasteiger partial charge on any atom is 0.230 e. The van der Waals surface area contributed by atoms with Crippen molar-refractivity contribution in [3.05, 3.63) is 29.5 Å². The average molecular weight is 242 g/mol. The Bertz CT molecular complexity index is 543. The van der Waals surface area contributed by atoms with Gasteiger partial charge in [0.2, 0.25) is 5.91 Å². The third kappa shape index (κ3) is 2.05. The molecule has 0 radical (unpaired) electrons. The number of rotatable bonds is 1. The van der Waals surface area contributed by atoms with Crippen molar-refractivity contribution in [1.82, 2.24) is 4.98 Å². The first kappa shape index (κ1) is 11.5. The first-order chi connectivity index (χ1) is 8.53. The number of amides is 1. The van der Waals surface area contributed by atoms with Crippen LogP contribution >= 0.6 is 0 Å². The number of fused-ring (bicyclic) bond motifs is 1. The van der Waals surface area contributed by atoms with E-state index in [1.54, 1.807) is 0 Å². The second kappa shape index (κ2) is 3.94. The Morgan fingerprint density at radius 3 is 2.94 bits per heavy atom. The molecule has 0 saturated carbocycles. The van der Waals surface area contributed by atoms with Gasteiger partial charge in [0.15, 0.2) is 0 Å². The van der Waals surface area contributed by atoms with Gasteiger partial charge in [0, 0.05) is 11.8 Å². The Morgan fingerprint density at radius 2 is 2.22 bits per heavy atom. The zero-order valence-corrected chi connectivity index (χ0v) is 10.9. The van der Waals surface area contributed by atoms with Crippen LogP contribution in [0.4, 0.5) is 5.82 Å². The Balaban J connectivity index is 1.89. The third-order valence-electron chi connectivity index (χ3n) is 3.92. The van der Waals surface area contributed by atoms with Crippen LogP contribution in [-0.4, -0.2) is 10.9 Å². The second-order valence-electron chi connectivity index (χ2n) is 6.05. The summed E-state index contributed by atoms with van der Waals surface area (Å²) in [6.45, 7) is 4.62. The topological polar surface area (TPSA) is 42.0 Å². The first-order valence-electron chi connectivity index (χ1n) is 6.52. The molecule has 94 valence electrons. The van der Waals surface area contributed by atoms with Crippen LogP contribution < -0.4 is 5.32 Å². The van der Waals surface area contributed by atoms with Crippen LogP contribution in [0.1, 0.15) is 44.2 Å². The SMILES string of the molecule is CC1(C)CC=C(c2cnc3c(c2)CC(=O)N3)CC1. The zero-order chi connectivity index (χ0) is 12.8. The van der Waals surface area contributed by atoms with Crippen molar-refractivity contribution < 1.29 is 4.79 Å². The fraction of sp³-hybridized carbons (Fsp3) is 0.467. The first-order valence-corrected chi connectivity index (χ1v) is 6.52. The lowest BCUT2D eigenvalue weighted by molar-refractivity contribution is -0.115. The number of nitrogens with zero attached hydrogens (tertiary/aromatic N) is 1. The van der Waals surface area contributed by atoms with E-state index >= 15 is 0 Å². The standard InChI is InChI=1S/C15H18N2O/c1-15(2)5-3-10(4-6-15)12-7-11-8-13(18)17-14(11)16-9-12/h3,7,9H,4-6,8H2,1-2H3,(H,16,17,18). The molecule has 18 heavy (non-hydrogen) atoms. The number of aromatic nitrogens is 1. The van der Waals surface area contributed by atoms with E-state index in [0.29, 0.717) is 11.8 Å². The molecule has 0 spiro atoms. The van der Waals surface area contributed by atoms with Gasteiger partial charge in [0.05, 0.1) is 6.42 Å². The molecule has 3 heteroatoms. The van der Waals surface area contributed by atoms with Gasteiger partial charge in [0.25, 0.3) is 0 Å². The van der Waals surface area contributed by atoms with Crippen molar-refractivity contribution in [3.63, 3.8) is 0 Å². The van der Waals surface area contributed by atoms with Crippen LogP contribution in [0, 0.1) is 5.41 Å². The fourth-order valence-electron chi connectivity index (χ4n) is 2.62. The monoisotopic (exact) mass is 242 g/mol. The predicted octanol–water partition coefficient (Wildman–Crippen LogP) is 3.17. The lowest BCUT2D eigenvalue weighted by atomic mass is 9.77. The van der Waals surface area contributed by atoms with Crippen LogP contribution in [0.25, 0.3) is 5.57 Å². The van der Waals surface area contributed by atoms with Gasteiger partial charge in [-0.15, -0.1) is 0 Å². The molecule has 3 rings (SSSR count). The molecule has 1 aliphatic carbocycles. The summed E-state index contributed by atoms with van der Waals surface area (Å²) in [5.41, 5.74) is 4.01. The molecule has 0 unspecified atom stereocenters. The maximum absolute atomic E-state index is 11.3. The van der Waals surface area contributed by atoms with Crippen molar-refractivity contribution >= 4 is 17.3 Å². The van der Waals surface area contributed by atoms with Gasteiger partial charge in [-0.05, 0) is 41.9 Å². The quantitative estimate of drug-likeness (QED) is 0.821. The van der Waals surface area contributed by atoms with Crippen molar-refractivity contribution in [1.29, 1.82) is 0 Å². The Labute approximate surface area is 107 Å². The molecular formula is C15H18N2O. The average Bonchev–Trinajstić information content (AvgIpc) is 2.68. The molecular weight excluding hydrogens is 224 g/mol. The minimum atomic E-state index is 0.0495. The van der Waals surface area contributed by atoms with Gasteiger partial charge in [-0.3, -0.25) is 4.79 Å². The van der Waals surface area contributed by atoms with E-state index in [1.165, 1.54) is 17.6 Å². The van der Waals surface area contributed by atoms with Gasteiger partial charge in [0.1, 0.15) is 5.82 Å². The molecule has 2 aliphatic rings. The summed E-state index contributed by atoms with van der Waals surface area (Å²) >= 11 is 0. The normalized spacial score (nSPS) is 21.2. The smallest absolute Gasteiger partial charge is 0.230 e. The molecule has 0 aromatic carbocycles. The van der Waals surface area contributed by atoms with Crippen LogP contribution in [0.2, 0.25) is 0 Å². The third-order valence-corrected chi connectivity index (χ3v) is 3.92. The van der Waals surface area contributed by atoms with Crippen LogP contribution in [0.3, 0.4) is 0 Å². The summed E-state index contributed by atoms with van der Waals surface area (Å²) in [6.07, 6.45) is 8.12. The highest BCUT2D eigenvalue weighted by Crippen LogP contribution is 2.38. The van der Waals surface area contributed by atoms with E-state index in [0.717, 1.165) is 24.2 Å². The molecule has 1 amide bonds. The number of nitrogens with one attached hydrogen (secondary N) is 1. The summed E-state index contributed by atoms with van der Waals surface area (Å²) in [6, 6.07) is 2.12. The summed E-state index contributed by atoms with van der Waals surface area (Å²) < 4.78 is 0. The van der Waals surface area contributed by atoms with Gasteiger partial charge >= 0.3 is 0 Å². The van der Waals surface area contributed by atoms with Crippen LogP contribution in [-0.2, 0) is 11.2 Å². The minimum absolute atomic E-state index is 0.0495. The van der Waals surface area contributed by atoms with Gasteiger partial charge < -0.3 is 5.32 Å². The largest absolute Gasteiger partial charge is 0.310 e. The van der Waals surface area contributed by atoms with E-state index < -0.39 is 0 Å². The Hall–Kier alpha value is -1.64. The maximum atomic E-state index is 11.3. The number of allylic oxidation sites excluding steroid dienone is 2. The van der Waals surface area contributed by atoms with Gasteiger partial charge in [-0.25, -0.2) is 4.98 Å². The van der Waals surface area contributed by atoms with Gasteiger partial charge in [-0.1, -0.05) is 19.9 Å². The summed E-state index contributed by atoms with van der Waals surface area (Å²) in [7, 11) is 0. The molecule has 1 aromatic rings. The summed E-state index contributed by atoms with van der Waals surface area (Å²) in [5, 5.41) is 2.77. The number of hydrogen-bond donors (Lipinski definition) is 1. The van der Waals surface area contributed by atoms with Crippen molar-refractivity contribution in [2.24, 2.45) is 5.41 Å². The fourth-order valence-corrected chi connectivity index (χ4v) is 2.62. The van der Waals surface area contributed by atoms with E-state index in [9.17, 15) is 4.79 Å². The van der Waals surface area contributed by atoms with Gasteiger partial charge in [-0.2, -0.15) is 0 Å². The Kier molecular flexibility index (Phi) is 2.51. The highest BCUT2D eigenvalue weighted by Gasteiger charge is 2.24. The number of hydrogen-bond acceptors (Lipinski definition) is 2. The van der Waals surface area contributed by atoms with E-state index in [2.05, 4.69) is 36.3 Å². The highest BCUT2D eigenvalue weighted by atomic mass is 16.1. The van der Waals surface area contributed by atoms with Crippen LogP contribution in [0.5, 0.6) is 0 Å². The van der Waals surface area contributed by atoms with E-state index in [-0.39, 0.29) is 5.91 Å². The van der Waals surface area contributed by atoms with Crippen molar-refractivity contribution in [2.45, 2.75) is 39.5 Å². The number of pyridine rings is 1. The second-order valence-corrected chi connectivity index (χ2v) is 6.05. The molecule has 3 nitrogen and oxygen atoms in total.